The summed E-state index contributed by atoms with van der Waals surface area (Å²) in [6, 6.07) is 12.2. The summed E-state index contributed by atoms with van der Waals surface area (Å²) < 4.78 is 28.6. The van der Waals surface area contributed by atoms with E-state index in [1.54, 1.807) is 30.3 Å². The maximum absolute atomic E-state index is 12.4. The zero-order chi connectivity index (χ0) is 15.6. The molecule has 0 heterocycles. The Balaban J connectivity index is 2.31. The van der Waals surface area contributed by atoms with Crippen LogP contribution in [0.3, 0.4) is 0 Å². The first-order valence-corrected chi connectivity index (χ1v) is 9.12. The van der Waals surface area contributed by atoms with Crippen LogP contribution in [0.5, 0.6) is 0 Å². The molecule has 7 heteroatoms. The average molecular weight is 434 g/mol. The minimum absolute atomic E-state index is 0.188. The van der Waals surface area contributed by atoms with Gasteiger partial charge in [0.2, 0.25) is 0 Å². The van der Waals surface area contributed by atoms with Crippen LogP contribution >= 0.6 is 31.9 Å². The summed E-state index contributed by atoms with van der Waals surface area (Å²) >= 11 is 6.54. The van der Waals surface area contributed by atoms with E-state index < -0.39 is 10.0 Å². The molecule has 1 N–H and O–H groups in total. The second-order valence-electron chi connectivity index (χ2n) is 4.62. The van der Waals surface area contributed by atoms with E-state index in [1.165, 1.54) is 0 Å². The lowest BCUT2D eigenvalue weighted by Crippen LogP contribution is -2.14. The summed E-state index contributed by atoms with van der Waals surface area (Å²) in [4.78, 5) is 2.14. The Morgan fingerprint density at radius 3 is 2.19 bits per heavy atom. The summed E-state index contributed by atoms with van der Waals surface area (Å²) in [5.41, 5.74) is 1.52. The fourth-order valence-corrected chi connectivity index (χ4v) is 4.28. The Hall–Kier alpha value is -1.05. The van der Waals surface area contributed by atoms with E-state index in [4.69, 9.17) is 0 Å². The molecule has 2 aromatic carbocycles. The Labute approximate surface area is 141 Å². The van der Waals surface area contributed by atoms with Crippen molar-refractivity contribution in [3.63, 3.8) is 0 Å². The average Bonchev–Trinajstić information content (AvgIpc) is 2.41. The molecular formula is C14H14Br2N2O2S. The Kier molecular flexibility index (Phi) is 4.95. The van der Waals surface area contributed by atoms with Crippen molar-refractivity contribution in [1.29, 1.82) is 0 Å². The lowest BCUT2D eigenvalue weighted by Gasteiger charge is -2.14. The zero-order valence-corrected chi connectivity index (χ0v) is 15.5. The molecule has 0 radical (unpaired) electrons. The van der Waals surface area contributed by atoms with E-state index in [9.17, 15) is 8.42 Å². The smallest absolute Gasteiger partial charge is 0.263 e. The van der Waals surface area contributed by atoms with Gasteiger partial charge in [-0.05, 0) is 58.4 Å². The summed E-state index contributed by atoms with van der Waals surface area (Å²) in [5, 5.41) is 0. The number of sulfonamides is 1. The van der Waals surface area contributed by atoms with Gasteiger partial charge in [-0.1, -0.05) is 15.9 Å². The molecule has 0 atom stereocenters. The number of hydrogen-bond acceptors (Lipinski definition) is 3. The van der Waals surface area contributed by atoms with Gasteiger partial charge in [0.15, 0.2) is 0 Å². The molecule has 0 saturated heterocycles. The van der Waals surface area contributed by atoms with Gasteiger partial charge in [-0.25, -0.2) is 8.42 Å². The first-order valence-electron chi connectivity index (χ1n) is 6.05. The van der Waals surface area contributed by atoms with Crippen LogP contribution < -0.4 is 9.62 Å². The van der Waals surface area contributed by atoms with Crippen molar-refractivity contribution in [2.45, 2.75) is 4.90 Å². The summed E-state index contributed by atoms with van der Waals surface area (Å²) in [6.07, 6.45) is 0. The maximum Gasteiger partial charge on any atom is 0.263 e. The minimum atomic E-state index is -3.64. The van der Waals surface area contributed by atoms with Gasteiger partial charge in [-0.2, -0.15) is 0 Å². The van der Waals surface area contributed by atoms with Gasteiger partial charge in [0, 0.05) is 34.4 Å². The lowest BCUT2D eigenvalue weighted by molar-refractivity contribution is 0.600. The van der Waals surface area contributed by atoms with E-state index in [0.717, 1.165) is 5.69 Å². The van der Waals surface area contributed by atoms with Crippen molar-refractivity contribution in [3.05, 3.63) is 51.4 Å². The molecule has 0 aliphatic rings. The zero-order valence-electron chi connectivity index (χ0n) is 11.5. The van der Waals surface area contributed by atoms with E-state index >= 15 is 0 Å². The van der Waals surface area contributed by atoms with Crippen molar-refractivity contribution in [3.8, 4) is 0 Å². The molecule has 0 aromatic heterocycles. The quantitative estimate of drug-likeness (QED) is 0.790. The molecule has 0 spiro atoms. The van der Waals surface area contributed by atoms with Crippen LogP contribution in [0.15, 0.2) is 56.3 Å². The fraction of sp³-hybridized carbons (Fsp3) is 0.143. The van der Waals surface area contributed by atoms with Crippen LogP contribution in [0.2, 0.25) is 0 Å². The first kappa shape index (κ1) is 16.3. The number of rotatable bonds is 4. The molecule has 0 saturated carbocycles. The van der Waals surface area contributed by atoms with Gasteiger partial charge >= 0.3 is 0 Å². The molecule has 0 bridgehead atoms. The molecule has 0 fully saturated rings. The van der Waals surface area contributed by atoms with E-state index in [-0.39, 0.29) is 4.90 Å². The van der Waals surface area contributed by atoms with Gasteiger partial charge in [0.05, 0.1) is 0 Å². The Bertz CT molecular complexity index is 744. The molecule has 4 nitrogen and oxygen atoms in total. The molecule has 0 amide bonds. The summed E-state index contributed by atoms with van der Waals surface area (Å²) in [5.74, 6) is 0. The van der Waals surface area contributed by atoms with Crippen LogP contribution in [-0.4, -0.2) is 22.5 Å². The summed E-state index contributed by atoms with van der Waals surface area (Å²) in [6.45, 7) is 0. The third kappa shape index (κ3) is 3.99. The van der Waals surface area contributed by atoms with Crippen molar-refractivity contribution in [2.75, 3.05) is 23.7 Å². The standard InChI is InChI=1S/C14H14Br2N2O2S/c1-18(2)12-6-4-11(5-7-12)17-21(19,20)14-9-10(15)3-8-13(14)16/h3-9,17H,1-2H3. The first-order chi connectivity index (χ1) is 9.79. The van der Waals surface area contributed by atoms with Crippen LogP contribution in [0.25, 0.3) is 0 Å². The van der Waals surface area contributed by atoms with E-state index in [0.29, 0.717) is 14.6 Å². The van der Waals surface area contributed by atoms with Crippen molar-refractivity contribution >= 4 is 53.3 Å². The molecule has 2 aromatic rings. The highest BCUT2D eigenvalue weighted by Crippen LogP contribution is 2.27. The van der Waals surface area contributed by atoms with Crippen molar-refractivity contribution < 1.29 is 8.42 Å². The topological polar surface area (TPSA) is 49.4 Å². The fourth-order valence-electron chi connectivity index (χ4n) is 1.72. The molecule has 0 aliphatic carbocycles. The predicted octanol–water partition coefficient (Wildman–Crippen LogP) is 4.08. The minimum Gasteiger partial charge on any atom is -0.378 e. The monoisotopic (exact) mass is 432 g/mol. The predicted molar refractivity (Wildman–Crippen MR) is 93.4 cm³/mol. The van der Waals surface area contributed by atoms with Crippen molar-refractivity contribution in [1.82, 2.24) is 0 Å². The second kappa shape index (κ2) is 6.37. The van der Waals surface area contributed by atoms with Gasteiger partial charge in [-0.3, -0.25) is 4.72 Å². The largest absolute Gasteiger partial charge is 0.378 e. The number of nitrogens with one attached hydrogen (secondary N) is 1. The van der Waals surface area contributed by atoms with Gasteiger partial charge in [-0.15, -0.1) is 0 Å². The highest BCUT2D eigenvalue weighted by atomic mass is 79.9. The third-order valence-electron chi connectivity index (χ3n) is 2.82. The molecule has 0 aliphatic heterocycles. The normalized spacial score (nSPS) is 11.2. The van der Waals surface area contributed by atoms with Gasteiger partial charge in [0.25, 0.3) is 10.0 Å². The van der Waals surface area contributed by atoms with Crippen LogP contribution in [0.1, 0.15) is 0 Å². The van der Waals surface area contributed by atoms with Crippen LogP contribution in [0, 0.1) is 0 Å². The third-order valence-corrected chi connectivity index (χ3v) is 5.69. The van der Waals surface area contributed by atoms with E-state index in [2.05, 4.69) is 36.6 Å². The van der Waals surface area contributed by atoms with E-state index in [1.807, 2.05) is 31.1 Å². The van der Waals surface area contributed by atoms with Crippen molar-refractivity contribution in [2.24, 2.45) is 0 Å². The van der Waals surface area contributed by atoms with Gasteiger partial charge in [0.1, 0.15) is 4.90 Å². The highest BCUT2D eigenvalue weighted by Gasteiger charge is 2.18. The number of hydrogen-bond donors (Lipinski definition) is 1. The number of halogens is 2. The molecule has 2 rings (SSSR count). The molecule has 21 heavy (non-hydrogen) atoms. The number of benzene rings is 2. The molecule has 112 valence electrons. The van der Waals surface area contributed by atoms with Gasteiger partial charge < -0.3 is 4.90 Å². The number of nitrogens with zero attached hydrogens (tertiary/aromatic N) is 1. The Morgan fingerprint density at radius 1 is 1.00 bits per heavy atom. The molecular weight excluding hydrogens is 420 g/mol. The maximum atomic E-state index is 12.4. The lowest BCUT2D eigenvalue weighted by atomic mass is 10.3. The van der Waals surface area contributed by atoms with Crippen LogP contribution in [0.4, 0.5) is 11.4 Å². The second-order valence-corrected chi connectivity index (χ2v) is 8.04. The highest BCUT2D eigenvalue weighted by molar-refractivity contribution is 9.11. The summed E-state index contributed by atoms with van der Waals surface area (Å²) in [7, 11) is 0.217. The number of anilines is 2. The SMILES string of the molecule is CN(C)c1ccc(NS(=O)(=O)c2cc(Br)ccc2Br)cc1. The van der Waals surface area contributed by atoms with Crippen LogP contribution in [-0.2, 0) is 10.0 Å². The molecule has 0 unspecified atom stereocenters. The Morgan fingerprint density at radius 2 is 1.62 bits per heavy atom.